The Kier molecular flexibility index (Phi) is 6.02. The Hall–Kier alpha value is -0.330. The zero-order chi connectivity index (χ0) is 10.3. The Bertz CT molecular complexity index is 142. The van der Waals surface area contributed by atoms with E-state index in [9.17, 15) is 4.79 Å². The molecule has 1 heteroatoms. The molecule has 0 bridgehead atoms. The predicted molar refractivity (Wildman–Crippen MR) is 57.8 cm³/mol. The molecular formula is C12H24O. The van der Waals surface area contributed by atoms with Crippen LogP contribution in [-0.4, -0.2) is 5.78 Å². The highest BCUT2D eigenvalue weighted by molar-refractivity contribution is 5.78. The molecule has 0 radical (unpaired) electrons. The summed E-state index contributed by atoms with van der Waals surface area (Å²) in [5, 5.41) is 0. The van der Waals surface area contributed by atoms with Crippen LogP contribution in [-0.2, 0) is 4.79 Å². The molecule has 0 N–H and O–H groups in total. The van der Waals surface area contributed by atoms with Crippen molar-refractivity contribution in [3.05, 3.63) is 0 Å². The normalized spacial score (nSPS) is 11.7. The first-order valence-corrected chi connectivity index (χ1v) is 5.47. The number of hydrogen-bond acceptors (Lipinski definition) is 1. The van der Waals surface area contributed by atoms with Gasteiger partial charge in [0.2, 0.25) is 0 Å². The van der Waals surface area contributed by atoms with Gasteiger partial charge in [-0.15, -0.1) is 0 Å². The third kappa shape index (κ3) is 9.59. The number of carbonyl (C=O) groups is 1. The molecule has 13 heavy (non-hydrogen) atoms. The van der Waals surface area contributed by atoms with E-state index in [4.69, 9.17) is 0 Å². The fourth-order valence-electron chi connectivity index (χ4n) is 1.31. The number of Topliss-reactive ketones (excluding diaryl/α,β-unsaturated/α-hetero) is 1. The highest BCUT2D eigenvalue weighted by Crippen LogP contribution is 2.21. The van der Waals surface area contributed by atoms with Crippen molar-refractivity contribution in [2.45, 2.75) is 66.2 Å². The number of carbonyl (C=O) groups excluding carboxylic acids is 1. The van der Waals surface area contributed by atoms with Crippen LogP contribution in [0.2, 0.25) is 0 Å². The van der Waals surface area contributed by atoms with Gasteiger partial charge in [-0.3, -0.25) is 4.79 Å². The van der Waals surface area contributed by atoms with Crippen LogP contribution < -0.4 is 0 Å². The largest absolute Gasteiger partial charge is 0.300 e. The van der Waals surface area contributed by atoms with E-state index in [1.54, 1.807) is 0 Å². The van der Waals surface area contributed by atoms with Crippen molar-refractivity contribution in [2.24, 2.45) is 5.41 Å². The summed E-state index contributed by atoms with van der Waals surface area (Å²) in [5.41, 5.74) is 0.380. The van der Waals surface area contributed by atoms with Gasteiger partial charge in [-0.1, -0.05) is 34.1 Å². The lowest BCUT2D eigenvalue weighted by molar-refractivity contribution is -0.119. The summed E-state index contributed by atoms with van der Waals surface area (Å²) in [7, 11) is 0. The van der Waals surface area contributed by atoms with Gasteiger partial charge in [0.05, 0.1) is 0 Å². The number of unbranched alkanes of at least 4 members (excludes halogenated alkanes) is 1. The summed E-state index contributed by atoms with van der Waals surface area (Å²) >= 11 is 0. The first-order valence-electron chi connectivity index (χ1n) is 5.47. The minimum atomic E-state index is 0.380. The summed E-state index contributed by atoms with van der Waals surface area (Å²) < 4.78 is 0. The van der Waals surface area contributed by atoms with Gasteiger partial charge in [-0.2, -0.15) is 0 Å². The second-order valence-electron chi connectivity index (χ2n) is 5.06. The molecule has 0 atom stereocenters. The molecule has 78 valence electrons. The molecule has 0 unspecified atom stereocenters. The van der Waals surface area contributed by atoms with Gasteiger partial charge < -0.3 is 0 Å². The molecule has 0 saturated heterocycles. The molecule has 0 aliphatic carbocycles. The quantitative estimate of drug-likeness (QED) is 0.610. The molecule has 0 aromatic heterocycles. The van der Waals surface area contributed by atoms with Crippen molar-refractivity contribution in [2.75, 3.05) is 0 Å². The Morgan fingerprint density at radius 2 is 1.62 bits per heavy atom. The standard InChI is InChI=1S/C12H24O/c1-5-6-8-11(13)9-7-10-12(2,3)4/h5-10H2,1-4H3. The van der Waals surface area contributed by atoms with Gasteiger partial charge in [-0.05, 0) is 24.7 Å². The van der Waals surface area contributed by atoms with Gasteiger partial charge in [-0.25, -0.2) is 0 Å². The van der Waals surface area contributed by atoms with Gasteiger partial charge in [0, 0.05) is 12.8 Å². The predicted octanol–water partition coefficient (Wildman–Crippen LogP) is 3.96. The maximum atomic E-state index is 11.3. The molecule has 1 nitrogen and oxygen atoms in total. The summed E-state index contributed by atoms with van der Waals surface area (Å²) in [4.78, 5) is 11.3. The van der Waals surface area contributed by atoms with Crippen LogP contribution >= 0.6 is 0 Å². The second kappa shape index (κ2) is 6.17. The molecular weight excluding hydrogens is 160 g/mol. The summed E-state index contributed by atoms with van der Waals surface area (Å²) in [6, 6.07) is 0. The van der Waals surface area contributed by atoms with Crippen molar-refractivity contribution in [3.63, 3.8) is 0 Å². The maximum Gasteiger partial charge on any atom is 0.132 e. The topological polar surface area (TPSA) is 17.1 Å². The summed E-state index contributed by atoms with van der Waals surface area (Å²) in [5.74, 6) is 0.450. The van der Waals surface area contributed by atoms with Crippen LogP contribution in [0.5, 0.6) is 0 Å². The van der Waals surface area contributed by atoms with E-state index in [1.807, 2.05) is 0 Å². The Balaban J connectivity index is 3.37. The average molecular weight is 184 g/mol. The van der Waals surface area contributed by atoms with Gasteiger partial charge in [0.1, 0.15) is 5.78 Å². The monoisotopic (exact) mass is 184 g/mol. The minimum absolute atomic E-state index is 0.380. The van der Waals surface area contributed by atoms with Gasteiger partial charge in [0.15, 0.2) is 0 Å². The summed E-state index contributed by atoms with van der Waals surface area (Å²) in [6.07, 6.45) is 5.99. The Morgan fingerprint density at radius 1 is 1.08 bits per heavy atom. The number of ketones is 1. The van der Waals surface area contributed by atoms with Gasteiger partial charge in [0.25, 0.3) is 0 Å². The van der Waals surface area contributed by atoms with Crippen molar-refractivity contribution >= 4 is 5.78 Å². The lowest BCUT2D eigenvalue weighted by Crippen LogP contribution is -2.06. The van der Waals surface area contributed by atoms with Crippen LogP contribution in [0.4, 0.5) is 0 Å². The van der Waals surface area contributed by atoms with E-state index in [0.29, 0.717) is 11.2 Å². The lowest BCUT2D eigenvalue weighted by Gasteiger charge is -2.17. The van der Waals surface area contributed by atoms with Crippen molar-refractivity contribution in [1.82, 2.24) is 0 Å². The number of hydrogen-bond donors (Lipinski definition) is 0. The summed E-state index contributed by atoms with van der Waals surface area (Å²) in [6.45, 7) is 8.80. The molecule has 0 aliphatic rings. The average Bonchev–Trinajstić information content (AvgIpc) is 1.98. The number of rotatable bonds is 6. The van der Waals surface area contributed by atoms with Crippen LogP contribution in [0.15, 0.2) is 0 Å². The Labute approximate surface area is 82.9 Å². The van der Waals surface area contributed by atoms with E-state index in [-0.39, 0.29) is 0 Å². The van der Waals surface area contributed by atoms with Crippen LogP contribution in [0.1, 0.15) is 66.2 Å². The lowest BCUT2D eigenvalue weighted by atomic mass is 9.89. The van der Waals surface area contributed by atoms with Crippen LogP contribution in [0.3, 0.4) is 0 Å². The van der Waals surface area contributed by atoms with E-state index in [2.05, 4.69) is 27.7 Å². The Morgan fingerprint density at radius 3 is 2.08 bits per heavy atom. The van der Waals surface area contributed by atoms with Crippen molar-refractivity contribution < 1.29 is 4.79 Å². The van der Waals surface area contributed by atoms with E-state index < -0.39 is 0 Å². The minimum Gasteiger partial charge on any atom is -0.300 e. The SMILES string of the molecule is CCCCC(=O)CCCC(C)(C)C. The molecule has 0 rings (SSSR count). The van der Waals surface area contributed by atoms with Crippen LogP contribution in [0.25, 0.3) is 0 Å². The molecule has 0 aromatic rings. The molecule has 0 amide bonds. The highest BCUT2D eigenvalue weighted by Gasteiger charge is 2.10. The van der Waals surface area contributed by atoms with Crippen molar-refractivity contribution in [1.29, 1.82) is 0 Å². The molecule has 0 aromatic carbocycles. The van der Waals surface area contributed by atoms with E-state index >= 15 is 0 Å². The van der Waals surface area contributed by atoms with E-state index in [1.165, 1.54) is 0 Å². The fraction of sp³-hybridized carbons (Fsp3) is 0.917. The molecule has 0 fully saturated rings. The highest BCUT2D eigenvalue weighted by atomic mass is 16.1. The van der Waals surface area contributed by atoms with Gasteiger partial charge >= 0.3 is 0 Å². The second-order valence-corrected chi connectivity index (χ2v) is 5.06. The molecule has 0 heterocycles. The first-order chi connectivity index (χ1) is 5.95. The molecule has 0 saturated carbocycles. The molecule has 0 spiro atoms. The zero-order valence-electron chi connectivity index (χ0n) is 9.65. The van der Waals surface area contributed by atoms with Crippen molar-refractivity contribution in [3.8, 4) is 0 Å². The zero-order valence-corrected chi connectivity index (χ0v) is 9.65. The maximum absolute atomic E-state index is 11.3. The van der Waals surface area contributed by atoms with E-state index in [0.717, 1.165) is 38.5 Å². The third-order valence-corrected chi connectivity index (χ3v) is 2.19. The van der Waals surface area contributed by atoms with Crippen LogP contribution in [0, 0.1) is 5.41 Å². The first kappa shape index (κ1) is 12.7. The third-order valence-electron chi connectivity index (χ3n) is 2.19. The smallest absolute Gasteiger partial charge is 0.132 e. The fourth-order valence-corrected chi connectivity index (χ4v) is 1.31. The molecule has 0 aliphatic heterocycles.